The van der Waals surface area contributed by atoms with Crippen LogP contribution >= 0.6 is 0 Å². The average Bonchev–Trinajstić information content (AvgIpc) is 2.57. The second-order valence-electron chi connectivity index (χ2n) is 6.69. The number of hydrogen-bond acceptors (Lipinski definition) is 8. The molecule has 3 radical (unpaired) electrons. The molecule has 0 amide bonds. The third-order valence-corrected chi connectivity index (χ3v) is 4.20. The molecule has 1 aliphatic rings. The summed E-state index contributed by atoms with van der Waals surface area (Å²) in [7, 11) is 0. The summed E-state index contributed by atoms with van der Waals surface area (Å²) in [4.78, 5) is 50.6. The van der Waals surface area contributed by atoms with E-state index in [4.69, 9.17) is 20.4 Å². The van der Waals surface area contributed by atoms with Crippen molar-refractivity contribution in [3.63, 3.8) is 0 Å². The molecule has 1 saturated heterocycles. The molecule has 15 heteroatoms. The van der Waals surface area contributed by atoms with E-state index in [1.165, 1.54) is 21.2 Å². The Morgan fingerprint density at radius 2 is 1.00 bits per heavy atom. The second-order valence-corrected chi connectivity index (χ2v) is 6.69. The maximum absolute atomic E-state index is 11.2. The van der Waals surface area contributed by atoms with Crippen molar-refractivity contribution in [1.82, 2.24) is 19.6 Å². The number of nitrogens with zero attached hydrogens (tertiary/aromatic N) is 4. The Morgan fingerprint density at radius 1 is 0.656 bits per heavy atom. The van der Waals surface area contributed by atoms with Crippen LogP contribution < -0.4 is 0 Å². The van der Waals surface area contributed by atoms with E-state index in [1.807, 2.05) is 0 Å². The monoisotopic (exact) mass is 976 g/mol. The molecular weight excluding hydrogens is 947 g/mol. The minimum absolute atomic E-state index is 0. The smallest absolute Gasteiger partial charge is 0.317 e. The van der Waals surface area contributed by atoms with Crippen LogP contribution in [-0.2, 0) is 80.4 Å². The largest absolute Gasteiger partial charge is 0.480 e. The summed E-state index contributed by atoms with van der Waals surface area (Å²) in [5.74, 6) is -4.29. The van der Waals surface area contributed by atoms with Gasteiger partial charge < -0.3 is 40.0 Å². The third-order valence-electron chi connectivity index (χ3n) is 4.20. The number of aliphatic carboxylic acids is 4. The molecule has 187 valence electrons. The van der Waals surface area contributed by atoms with Crippen LogP contribution in [0, 0.1) is 19.6 Å². The van der Waals surface area contributed by atoms with Gasteiger partial charge in [0.05, 0.1) is 26.2 Å². The number of carbonyl (C=O) groups is 4. The zero-order valence-electron chi connectivity index (χ0n) is 17.3. The SMILES string of the molecule is CC1CN(CC(=O)O)[CH-]CN(CC(=O)O)[CH-]CN(CC(=O)O)[CH-]CN1CC(=O)O.[Re].[Re].[Re]. The summed E-state index contributed by atoms with van der Waals surface area (Å²) < 4.78 is 0. The minimum atomic E-state index is -1.08. The van der Waals surface area contributed by atoms with E-state index < -0.39 is 23.9 Å². The molecule has 0 spiro atoms. The van der Waals surface area contributed by atoms with Gasteiger partial charge in [0.25, 0.3) is 0 Å². The Labute approximate surface area is 228 Å². The van der Waals surface area contributed by atoms with E-state index >= 15 is 0 Å². The first-order valence-corrected chi connectivity index (χ1v) is 8.90. The van der Waals surface area contributed by atoms with E-state index in [2.05, 4.69) is 0 Å². The Kier molecular flexibility index (Phi) is 21.6. The summed E-state index contributed by atoms with van der Waals surface area (Å²) in [6.45, 7) is 5.63. The van der Waals surface area contributed by atoms with Crippen LogP contribution in [0.5, 0.6) is 0 Å². The molecule has 0 saturated carbocycles. The number of carboxylic acids is 4. The van der Waals surface area contributed by atoms with Crippen LogP contribution in [0.3, 0.4) is 0 Å². The van der Waals surface area contributed by atoms with Crippen molar-refractivity contribution in [2.75, 3.05) is 52.4 Å². The fraction of sp³-hybridized carbons (Fsp3) is 0.588. The van der Waals surface area contributed by atoms with Crippen molar-refractivity contribution in [3.05, 3.63) is 19.6 Å². The Bertz CT molecular complexity index is 602. The first-order chi connectivity index (χ1) is 13.6. The van der Waals surface area contributed by atoms with Crippen LogP contribution in [0.1, 0.15) is 6.92 Å². The van der Waals surface area contributed by atoms with Gasteiger partial charge in [0.15, 0.2) is 0 Å². The van der Waals surface area contributed by atoms with Gasteiger partial charge >= 0.3 is 23.9 Å². The standard InChI is InChI=1S/C17H27N4O8.3Re/c1-13-8-20(11-16(26)27)5-4-18(9-14(22)23)2-3-19(10-15(24)25)6-7-21(13)12-17(28)29;;;/h2,5-6,13H,3-4,7-12H2,1H3,(H,22,23)(H,24,25)(H,26,27)(H,28,29);;;/q-3;;;. The van der Waals surface area contributed by atoms with Gasteiger partial charge in [0, 0.05) is 67.3 Å². The van der Waals surface area contributed by atoms with Crippen LogP contribution in [0.15, 0.2) is 0 Å². The molecule has 32 heavy (non-hydrogen) atoms. The van der Waals surface area contributed by atoms with Gasteiger partial charge in [-0.1, -0.05) is 0 Å². The maximum Gasteiger partial charge on any atom is 0.317 e. The second kappa shape index (κ2) is 19.1. The van der Waals surface area contributed by atoms with E-state index in [-0.39, 0.29) is 120 Å². The van der Waals surface area contributed by atoms with Crippen molar-refractivity contribution >= 4 is 23.9 Å². The molecule has 0 aliphatic carbocycles. The summed E-state index contributed by atoms with van der Waals surface area (Å²) >= 11 is 0. The number of hydrogen-bond donors (Lipinski definition) is 4. The average molecular weight is 974 g/mol. The van der Waals surface area contributed by atoms with Gasteiger partial charge in [-0.05, 0) is 13.5 Å². The topological polar surface area (TPSA) is 162 Å². The van der Waals surface area contributed by atoms with E-state index in [1.54, 1.807) is 24.9 Å². The molecule has 4 N–H and O–H groups in total. The Hall–Kier alpha value is -0.293. The normalized spacial score (nSPS) is 19.7. The quantitative estimate of drug-likeness (QED) is 0.207. The van der Waals surface area contributed by atoms with Crippen LogP contribution in [0.4, 0.5) is 0 Å². The zero-order valence-corrected chi connectivity index (χ0v) is 25.5. The van der Waals surface area contributed by atoms with Crippen LogP contribution in [0.2, 0.25) is 0 Å². The third kappa shape index (κ3) is 16.3. The summed E-state index contributed by atoms with van der Waals surface area (Å²) in [6, 6.07) is -0.360. The van der Waals surface area contributed by atoms with E-state index in [0.717, 1.165) is 0 Å². The molecule has 12 nitrogen and oxygen atoms in total. The summed E-state index contributed by atoms with van der Waals surface area (Å²) in [6.07, 6.45) is 0. The molecule has 0 aromatic heterocycles. The minimum Gasteiger partial charge on any atom is -0.480 e. The molecule has 1 heterocycles. The van der Waals surface area contributed by atoms with E-state index in [9.17, 15) is 19.2 Å². The predicted octanol–water partition coefficient (Wildman–Crippen LogP) is -1.59. The number of rotatable bonds is 8. The molecule has 0 bridgehead atoms. The first-order valence-electron chi connectivity index (χ1n) is 8.90. The molecule has 1 atom stereocenters. The van der Waals surface area contributed by atoms with Crippen molar-refractivity contribution < 1.29 is 101 Å². The molecule has 1 unspecified atom stereocenters. The predicted molar refractivity (Wildman–Crippen MR) is 99.2 cm³/mol. The molecular formula is C17H27N4O8Re3-3. The van der Waals surface area contributed by atoms with Crippen molar-refractivity contribution in [1.29, 1.82) is 0 Å². The summed E-state index contributed by atoms with van der Waals surface area (Å²) in [5.41, 5.74) is 0. The summed E-state index contributed by atoms with van der Waals surface area (Å²) in [5, 5.41) is 36.5. The fourth-order valence-corrected chi connectivity index (χ4v) is 2.82. The van der Waals surface area contributed by atoms with Gasteiger partial charge in [0.2, 0.25) is 0 Å². The molecule has 0 aromatic rings. The van der Waals surface area contributed by atoms with Gasteiger partial charge in [-0.3, -0.25) is 38.8 Å². The zero-order chi connectivity index (χ0) is 22.0. The molecule has 0 aromatic carbocycles. The van der Waals surface area contributed by atoms with Crippen molar-refractivity contribution in [3.8, 4) is 0 Å². The Morgan fingerprint density at radius 3 is 1.41 bits per heavy atom. The van der Waals surface area contributed by atoms with Crippen LogP contribution in [0.25, 0.3) is 0 Å². The van der Waals surface area contributed by atoms with Gasteiger partial charge in [-0.2, -0.15) is 0 Å². The molecule has 1 fully saturated rings. The first kappa shape index (κ1) is 36.3. The van der Waals surface area contributed by atoms with Crippen LogP contribution in [-0.4, -0.2) is 122 Å². The van der Waals surface area contributed by atoms with Crippen molar-refractivity contribution in [2.45, 2.75) is 13.0 Å². The Balaban J connectivity index is -0.00000280. The fourth-order valence-electron chi connectivity index (χ4n) is 2.82. The maximum atomic E-state index is 11.2. The van der Waals surface area contributed by atoms with Gasteiger partial charge in [0.1, 0.15) is 0 Å². The van der Waals surface area contributed by atoms with Crippen molar-refractivity contribution in [2.24, 2.45) is 0 Å². The van der Waals surface area contributed by atoms with E-state index in [0.29, 0.717) is 0 Å². The number of carboxylic acid groups (broad SMARTS) is 4. The van der Waals surface area contributed by atoms with Gasteiger partial charge in [-0.25, -0.2) is 0 Å². The molecule has 1 rings (SSSR count). The van der Waals surface area contributed by atoms with Gasteiger partial charge in [-0.15, -0.1) is 19.6 Å². The molecule has 1 aliphatic heterocycles.